The fraction of sp³-hybridized carbons (Fsp3) is 0.458. The predicted octanol–water partition coefficient (Wildman–Crippen LogP) is 3.97. The topological polar surface area (TPSA) is 93.7 Å². The van der Waals surface area contributed by atoms with Gasteiger partial charge in [-0.3, -0.25) is 4.79 Å². The maximum absolute atomic E-state index is 13.1. The summed E-state index contributed by atoms with van der Waals surface area (Å²) >= 11 is 1.39. The van der Waals surface area contributed by atoms with Crippen LogP contribution in [0.5, 0.6) is 0 Å². The number of amides is 1. The zero-order valence-electron chi connectivity index (χ0n) is 18.6. The van der Waals surface area contributed by atoms with Crippen LogP contribution in [0.25, 0.3) is 0 Å². The first-order chi connectivity index (χ1) is 15.2. The van der Waals surface area contributed by atoms with Crippen molar-refractivity contribution in [2.24, 2.45) is 11.8 Å². The quantitative estimate of drug-likeness (QED) is 0.459. The molecule has 0 aliphatic carbocycles. The van der Waals surface area contributed by atoms with Gasteiger partial charge in [-0.1, -0.05) is 36.4 Å². The fourth-order valence-corrected chi connectivity index (χ4v) is 4.38. The SMILES string of the molecule is CC(C)(C)OC(=O)NC(C(=O)OCC(C(=O)c1cccs1)[C@H]1CCNC1)c1ccccc1. The van der Waals surface area contributed by atoms with Gasteiger partial charge in [-0.05, 0) is 63.2 Å². The molecule has 1 fully saturated rings. The standard InChI is InChI=1S/C24H30N2O5S/c1-24(2,3)31-23(29)26-20(16-8-5-4-6-9-16)22(28)30-15-18(17-11-12-25-14-17)21(27)19-10-7-13-32-19/h4-10,13,17-18,20,25H,11-12,14-15H2,1-3H3,(H,26,29)/t17-,18?,20?/m0/s1. The van der Waals surface area contributed by atoms with E-state index >= 15 is 0 Å². The third-order valence-corrected chi connectivity index (χ3v) is 6.09. The van der Waals surface area contributed by atoms with E-state index in [0.29, 0.717) is 17.0 Å². The average Bonchev–Trinajstić information content (AvgIpc) is 3.45. The third kappa shape index (κ3) is 6.64. The summed E-state index contributed by atoms with van der Waals surface area (Å²) < 4.78 is 10.9. The molecule has 2 unspecified atom stereocenters. The van der Waals surface area contributed by atoms with Crippen LogP contribution in [0.2, 0.25) is 0 Å². The van der Waals surface area contributed by atoms with Gasteiger partial charge in [0.1, 0.15) is 12.2 Å². The molecule has 0 saturated carbocycles. The summed E-state index contributed by atoms with van der Waals surface area (Å²) in [5.41, 5.74) is -0.129. The first kappa shape index (κ1) is 23.9. The van der Waals surface area contributed by atoms with Gasteiger partial charge in [0.05, 0.1) is 10.8 Å². The van der Waals surface area contributed by atoms with Crippen molar-refractivity contribution in [2.45, 2.75) is 38.8 Å². The number of hydrogen-bond donors (Lipinski definition) is 2. The van der Waals surface area contributed by atoms with E-state index in [0.717, 1.165) is 13.0 Å². The van der Waals surface area contributed by atoms with Crippen LogP contribution in [0, 0.1) is 11.8 Å². The first-order valence-corrected chi connectivity index (χ1v) is 11.6. The number of rotatable bonds is 8. The van der Waals surface area contributed by atoms with E-state index in [4.69, 9.17) is 9.47 Å². The number of carbonyl (C=O) groups excluding carboxylic acids is 3. The Balaban J connectivity index is 1.73. The lowest BCUT2D eigenvalue weighted by Gasteiger charge is -2.25. The van der Waals surface area contributed by atoms with Gasteiger partial charge in [-0.2, -0.15) is 0 Å². The van der Waals surface area contributed by atoms with Gasteiger partial charge in [0.25, 0.3) is 0 Å². The van der Waals surface area contributed by atoms with E-state index < -0.39 is 29.6 Å². The number of esters is 1. The smallest absolute Gasteiger partial charge is 0.408 e. The molecule has 2 heterocycles. The molecule has 1 amide bonds. The Morgan fingerprint density at radius 1 is 1.16 bits per heavy atom. The minimum absolute atomic E-state index is 0.0159. The van der Waals surface area contributed by atoms with Crippen molar-refractivity contribution in [1.82, 2.24) is 10.6 Å². The van der Waals surface area contributed by atoms with E-state index in [-0.39, 0.29) is 18.3 Å². The molecule has 2 N–H and O–H groups in total. The van der Waals surface area contributed by atoms with Gasteiger partial charge in [0.15, 0.2) is 11.8 Å². The molecule has 0 bridgehead atoms. The lowest BCUT2D eigenvalue weighted by Crippen LogP contribution is -2.40. The van der Waals surface area contributed by atoms with Crippen LogP contribution in [-0.4, -0.2) is 43.1 Å². The fourth-order valence-electron chi connectivity index (χ4n) is 3.65. The summed E-state index contributed by atoms with van der Waals surface area (Å²) in [6, 6.07) is 11.4. The Labute approximate surface area is 192 Å². The second-order valence-corrected chi connectivity index (χ2v) is 9.77. The number of alkyl carbamates (subject to hydrolysis) is 1. The molecule has 32 heavy (non-hydrogen) atoms. The highest BCUT2D eigenvalue weighted by Gasteiger charge is 2.34. The van der Waals surface area contributed by atoms with E-state index in [1.54, 1.807) is 51.1 Å². The molecular weight excluding hydrogens is 428 g/mol. The molecule has 8 heteroatoms. The van der Waals surface area contributed by atoms with Gasteiger partial charge in [-0.15, -0.1) is 11.3 Å². The van der Waals surface area contributed by atoms with E-state index in [9.17, 15) is 14.4 Å². The van der Waals surface area contributed by atoms with Crippen LogP contribution >= 0.6 is 11.3 Å². The minimum Gasteiger partial charge on any atom is -0.463 e. The molecule has 1 aliphatic heterocycles. The van der Waals surface area contributed by atoms with E-state index in [2.05, 4.69) is 10.6 Å². The number of ether oxygens (including phenoxy) is 2. The molecule has 7 nitrogen and oxygen atoms in total. The van der Waals surface area contributed by atoms with Crippen molar-refractivity contribution >= 4 is 29.2 Å². The van der Waals surface area contributed by atoms with Crippen LogP contribution in [0.1, 0.15) is 48.5 Å². The Kier molecular flexibility index (Phi) is 8.04. The van der Waals surface area contributed by atoms with Crippen LogP contribution in [-0.2, 0) is 14.3 Å². The van der Waals surface area contributed by atoms with Crippen molar-refractivity contribution in [1.29, 1.82) is 0 Å². The second kappa shape index (κ2) is 10.7. The van der Waals surface area contributed by atoms with Crippen molar-refractivity contribution in [3.63, 3.8) is 0 Å². The van der Waals surface area contributed by atoms with Crippen molar-refractivity contribution < 1.29 is 23.9 Å². The minimum atomic E-state index is -1.04. The van der Waals surface area contributed by atoms with Crippen LogP contribution in [0.4, 0.5) is 4.79 Å². The van der Waals surface area contributed by atoms with E-state index in [1.807, 2.05) is 17.5 Å². The molecule has 1 aliphatic rings. The monoisotopic (exact) mass is 458 g/mol. The zero-order chi connectivity index (χ0) is 23.1. The average molecular weight is 459 g/mol. The molecule has 3 rings (SSSR count). The molecule has 0 radical (unpaired) electrons. The Morgan fingerprint density at radius 3 is 2.50 bits per heavy atom. The normalized spacial score (nSPS) is 17.9. The number of nitrogens with one attached hydrogen (secondary N) is 2. The van der Waals surface area contributed by atoms with Gasteiger partial charge in [0, 0.05) is 0 Å². The molecule has 3 atom stereocenters. The Hall–Kier alpha value is -2.71. The largest absolute Gasteiger partial charge is 0.463 e. The molecular formula is C24H30N2O5S. The molecule has 1 saturated heterocycles. The van der Waals surface area contributed by atoms with Crippen molar-refractivity contribution in [2.75, 3.05) is 19.7 Å². The Morgan fingerprint density at radius 2 is 1.91 bits per heavy atom. The molecule has 1 aromatic heterocycles. The summed E-state index contributed by atoms with van der Waals surface area (Å²) in [6.45, 7) is 6.75. The predicted molar refractivity (Wildman–Crippen MR) is 123 cm³/mol. The molecule has 172 valence electrons. The highest BCUT2D eigenvalue weighted by Crippen LogP contribution is 2.26. The van der Waals surface area contributed by atoms with Crippen molar-refractivity contribution in [3.8, 4) is 0 Å². The number of thiophene rings is 1. The number of carbonyl (C=O) groups is 3. The molecule has 0 spiro atoms. The highest BCUT2D eigenvalue weighted by atomic mass is 32.1. The molecule has 1 aromatic carbocycles. The van der Waals surface area contributed by atoms with Gasteiger partial charge in [0.2, 0.25) is 0 Å². The summed E-state index contributed by atoms with van der Waals surface area (Å²) in [6.07, 6.45) is 0.131. The van der Waals surface area contributed by atoms with Gasteiger partial charge in [-0.25, -0.2) is 9.59 Å². The first-order valence-electron chi connectivity index (χ1n) is 10.7. The van der Waals surface area contributed by atoms with Gasteiger partial charge < -0.3 is 20.1 Å². The van der Waals surface area contributed by atoms with E-state index in [1.165, 1.54) is 11.3 Å². The Bertz CT molecular complexity index is 902. The van der Waals surface area contributed by atoms with Crippen LogP contribution < -0.4 is 10.6 Å². The number of benzene rings is 1. The molecule has 2 aromatic rings. The lowest BCUT2D eigenvalue weighted by atomic mass is 9.88. The maximum Gasteiger partial charge on any atom is 0.408 e. The second-order valence-electron chi connectivity index (χ2n) is 8.82. The van der Waals surface area contributed by atoms with Gasteiger partial charge >= 0.3 is 12.1 Å². The summed E-state index contributed by atoms with van der Waals surface area (Å²) in [7, 11) is 0. The lowest BCUT2D eigenvalue weighted by molar-refractivity contribution is -0.147. The van der Waals surface area contributed by atoms with Crippen LogP contribution in [0.15, 0.2) is 47.8 Å². The maximum atomic E-state index is 13.1. The van der Waals surface area contributed by atoms with Crippen molar-refractivity contribution in [3.05, 3.63) is 58.3 Å². The summed E-state index contributed by atoms with van der Waals surface area (Å²) in [5, 5.41) is 7.74. The third-order valence-electron chi connectivity index (χ3n) is 5.20. The highest BCUT2D eigenvalue weighted by molar-refractivity contribution is 7.12. The number of ketones is 1. The van der Waals surface area contributed by atoms with Crippen LogP contribution in [0.3, 0.4) is 0 Å². The summed E-state index contributed by atoms with van der Waals surface area (Å²) in [5.74, 6) is -0.994. The summed E-state index contributed by atoms with van der Waals surface area (Å²) in [4.78, 5) is 39.2. The number of hydrogen-bond acceptors (Lipinski definition) is 7. The zero-order valence-corrected chi connectivity index (χ0v) is 19.4. The number of Topliss-reactive ketones (excluding diaryl/α,β-unsaturated/α-hetero) is 1.